The molecule has 0 amide bonds. The van der Waals surface area contributed by atoms with E-state index in [1.165, 1.54) is 35.0 Å². The molecule has 0 saturated carbocycles. The Kier molecular flexibility index (Phi) is 9.89. The SMILES string of the molecule is N=C(N)N=Nc1c2cc(OC(F)(F)F)ccc2n2c(=O)c3cccnc3[nH]c12.NN=C(N)N.O=C1c2cc(OC(F)(F)F)ccc2-n2c1nc1ncccc1c2=O. The lowest BCUT2D eigenvalue weighted by molar-refractivity contribution is -0.275. The van der Waals surface area contributed by atoms with Crippen molar-refractivity contribution in [3.63, 3.8) is 0 Å². The molecule has 1 aliphatic heterocycles. The van der Waals surface area contributed by atoms with Gasteiger partial charge in [-0.3, -0.25) is 28.8 Å². The highest BCUT2D eigenvalue weighted by Gasteiger charge is 2.35. The molecule has 8 rings (SSSR count). The number of carbonyl (C=O) groups excluding carboxylic acids is 1. The number of aromatic nitrogens is 6. The molecule has 0 saturated heterocycles. The molecular formula is C32H22F6N14O5. The lowest BCUT2D eigenvalue weighted by atomic mass is 10.1. The van der Waals surface area contributed by atoms with Crippen LogP contribution < -0.4 is 43.6 Å². The van der Waals surface area contributed by atoms with Crippen LogP contribution in [0.1, 0.15) is 16.2 Å². The maximum Gasteiger partial charge on any atom is 0.573 e. The molecule has 0 spiro atoms. The molecule has 5 aromatic heterocycles. The number of rotatable bonds is 3. The number of carbonyl (C=O) groups is 1. The molecule has 0 unspecified atom stereocenters. The average molecular weight is 797 g/mol. The third-order valence-corrected chi connectivity index (χ3v) is 7.56. The van der Waals surface area contributed by atoms with Crippen molar-refractivity contribution in [1.29, 1.82) is 5.41 Å². The Balaban J connectivity index is 0.000000174. The Bertz CT molecular complexity index is 2930. The van der Waals surface area contributed by atoms with Crippen molar-refractivity contribution in [2.75, 3.05) is 0 Å². The second-order valence-corrected chi connectivity index (χ2v) is 11.2. The van der Waals surface area contributed by atoms with Gasteiger partial charge in [-0.25, -0.2) is 15.0 Å². The van der Waals surface area contributed by atoms with E-state index in [2.05, 4.69) is 50.6 Å². The fourth-order valence-electron chi connectivity index (χ4n) is 5.50. The van der Waals surface area contributed by atoms with Gasteiger partial charge < -0.3 is 37.5 Å². The Morgan fingerprint density at radius 3 is 2.05 bits per heavy atom. The number of hydrogen-bond donors (Lipinski definition) is 6. The number of nitrogens with zero attached hydrogens (tertiary/aromatic N) is 8. The quantitative estimate of drug-likeness (QED) is 0.0374. The van der Waals surface area contributed by atoms with Crippen LogP contribution in [0.15, 0.2) is 98.0 Å². The average Bonchev–Trinajstić information content (AvgIpc) is 3.60. The number of ether oxygens (including phenoxy) is 2. The summed E-state index contributed by atoms with van der Waals surface area (Å²) in [4.78, 5) is 52.9. The Hall–Kier alpha value is -8.12. The number of benzene rings is 2. The van der Waals surface area contributed by atoms with Gasteiger partial charge in [0.25, 0.3) is 11.1 Å². The van der Waals surface area contributed by atoms with Gasteiger partial charge in [0.05, 0.1) is 27.5 Å². The zero-order chi connectivity index (χ0) is 41.4. The first-order valence-electron chi connectivity index (χ1n) is 15.4. The second kappa shape index (κ2) is 14.6. The van der Waals surface area contributed by atoms with Gasteiger partial charge in [0, 0.05) is 17.8 Å². The highest BCUT2D eigenvalue weighted by Crippen LogP contribution is 2.37. The van der Waals surface area contributed by atoms with E-state index in [0.717, 1.165) is 28.8 Å². The number of nitrogens with one attached hydrogen (secondary N) is 2. The Morgan fingerprint density at radius 2 is 1.42 bits per heavy atom. The van der Waals surface area contributed by atoms with E-state index in [1.54, 1.807) is 18.2 Å². The number of halogens is 6. The molecule has 0 bridgehead atoms. The molecule has 19 nitrogen and oxygen atoms in total. The van der Waals surface area contributed by atoms with Crippen molar-refractivity contribution in [1.82, 2.24) is 28.9 Å². The lowest BCUT2D eigenvalue weighted by Gasteiger charge is -2.09. The molecule has 2 aromatic carbocycles. The van der Waals surface area contributed by atoms with E-state index in [0.29, 0.717) is 0 Å². The Morgan fingerprint density at radius 1 is 0.807 bits per heavy atom. The highest BCUT2D eigenvalue weighted by molar-refractivity contribution is 6.13. The maximum absolute atomic E-state index is 12.9. The number of azo groups is 1. The van der Waals surface area contributed by atoms with Gasteiger partial charge in [-0.05, 0) is 60.7 Å². The number of aromatic amines is 1. The summed E-state index contributed by atoms with van der Waals surface area (Å²) in [6, 6.07) is 12.9. The standard InChI is InChI=1S/C16H10F3N7O2.C15H6F3N3O3.CH6N4/c17-16(18,19)28-7-3-4-10-9(6-7)11(24-25-15(20)21)13-23-12-8(2-1-5-22-12)14(27)26(10)13;16-15(17,18)24-7-3-4-10-9(6-7)11(22)13-20-12-8(2-1-5-19-12)14(23)21(10)13;2-1(3)5-4/h1-6H,(H3,20,21)(H,22,23);1-6H;4H2,(H4,2,3,5). The van der Waals surface area contributed by atoms with Gasteiger partial charge in [-0.15, -0.1) is 41.7 Å². The van der Waals surface area contributed by atoms with E-state index in [-0.39, 0.29) is 67.3 Å². The number of ketones is 1. The molecule has 292 valence electrons. The predicted octanol–water partition coefficient (Wildman–Crippen LogP) is 3.56. The number of hydrazone groups is 1. The molecule has 0 atom stereocenters. The number of pyridine rings is 2. The van der Waals surface area contributed by atoms with Crippen LogP contribution in [-0.4, -0.2) is 59.3 Å². The van der Waals surface area contributed by atoms with Crippen molar-refractivity contribution < 1.29 is 40.6 Å². The van der Waals surface area contributed by atoms with Gasteiger partial charge in [0.2, 0.25) is 17.7 Å². The first-order chi connectivity index (χ1) is 26.9. The molecular weight excluding hydrogens is 774 g/mol. The smallest absolute Gasteiger partial charge is 0.406 e. The number of nitrogens with two attached hydrogens (primary N) is 4. The summed E-state index contributed by atoms with van der Waals surface area (Å²) in [7, 11) is 0. The number of fused-ring (bicyclic) bond motifs is 8. The van der Waals surface area contributed by atoms with Crippen LogP contribution in [-0.2, 0) is 0 Å². The topological polar surface area (TPSA) is 298 Å². The highest BCUT2D eigenvalue weighted by atomic mass is 19.4. The van der Waals surface area contributed by atoms with Crippen LogP contribution >= 0.6 is 0 Å². The first kappa shape index (κ1) is 38.6. The minimum Gasteiger partial charge on any atom is -0.406 e. The molecule has 6 heterocycles. The third-order valence-electron chi connectivity index (χ3n) is 7.56. The van der Waals surface area contributed by atoms with Crippen molar-refractivity contribution in [3.05, 3.63) is 105 Å². The summed E-state index contributed by atoms with van der Waals surface area (Å²) >= 11 is 0. The van der Waals surface area contributed by atoms with Gasteiger partial charge in [-0.1, -0.05) is 0 Å². The van der Waals surface area contributed by atoms with E-state index >= 15 is 0 Å². The number of hydrogen-bond acceptors (Lipinski definition) is 12. The van der Waals surface area contributed by atoms with Crippen LogP contribution in [0.25, 0.3) is 44.3 Å². The fraction of sp³-hybridized carbons (Fsp3) is 0.0625. The maximum atomic E-state index is 12.9. The third kappa shape index (κ3) is 7.91. The van der Waals surface area contributed by atoms with Crippen molar-refractivity contribution in [2.24, 2.45) is 38.4 Å². The van der Waals surface area contributed by atoms with Gasteiger partial charge in [0.15, 0.2) is 11.5 Å². The fourth-order valence-corrected chi connectivity index (χ4v) is 5.50. The first-order valence-corrected chi connectivity index (χ1v) is 15.4. The second-order valence-electron chi connectivity index (χ2n) is 11.2. The van der Waals surface area contributed by atoms with Crippen LogP contribution in [0, 0.1) is 5.41 Å². The summed E-state index contributed by atoms with van der Waals surface area (Å²) in [6.45, 7) is 0. The molecule has 1 aliphatic rings. The van der Waals surface area contributed by atoms with Crippen LogP contribution in [0.4, 0.5) is 32.0 Å². The minimum atomic E-state index is -4.89. The zero-order valence-electron chi connectivity index (χ0n) is 28.1. The van der Waals surface area contributed by atoms with Gasteiger partial charge in [0.1, 0.15) is 28.5 Å². The molecule has 0 aliphatic carbocycles. The zero-order valence-corrected chi connectivity index (χ0v) is 28.1. The van der Waals surface area contributed by atoms with Crippen molar-refractivity contribution in [2.45, 2.75) is 12.7 Å². The summed E-state index contributed by atoms with van der Waals surface area (Å²) < 4.78 is 84.8. The molecule has 57 heavy (non-hydrogen) atoms. The van der Waals surface area contributed by atoms with E-state index in [1.807, 2.05) is 0 Å². The predicted molar refractivity (Wildman–Crippen MR) is 189 cm³/mol. The van der Waals surface area contributed by atoms with E-state index < -0.39 is 47.1 Å². The number of H-pyrrole nitrogens is 1. The molecule has 0 fully saturated rings. The minimum absolute atomic E-state index is 0.0162. The molecule has 25 heteroatoms. The van der Waals surface area contributed by atoms with Crippen molar-refractivity contribution in [3.8, 4) is 17.2 Å². The largest absolute Gasteiger partial charge is 0.573 e. The summed E-state index contributed by atoms with van der Waals surface area (Å²) in [5.74, 6) is 1.91. The molecule has 0 radical (unpaired) electrons. The van der Waals surface area contributed by atoms with Gasteiger partial charge >= 0.3 is 12.7 Å². The number of guanidine groups is 2. The summed E-state index contributed by atoms with van der Waals surface area (Å²) in [5.41, 5.74) is 14.5. The van der Waals surface area contributed by atoms with Gasteiger partial charge in [-0.2, -0.15) is 0 Å². The summed E-state index contributed by atoms with van der Waals surface area (Å²) in [6.07, 6.45) is -6.87. The monoisotopic (exact) mass is 796 g/mol. The van der Waals surface area contributed by atoms with E-state index in [4.69, 9.17) is 22.6 Å². The molecule has 7 aromatic rings. The van der Waals surface area contributed by atoms with Crippen LogP contribution in [0.5, 0.6) is 11.5 Å². The normalized spacial score (nSPS) is 12.1. The van der Waals surface area contributed by atoms with Crippen LogP contribution in [0.3, 0.4) is 0 Å². The number of alkyl halides is 6. The summed E-state index contributed by atoms with van der Waals surface area (Å²) in [5, 5.41) is 18.0. The lowest BCUT2D eigenvalue weighted by Crippen LogP contribution is -2.23. The van der Waals surface area contributed by atoms with E-state index in [9.17, 15) is 40.7 Å². The van der Waals surface area contributed by atoms with Crippen LogP contribution in [0.2, 0.25) is 0 Å². The van der Waals surface area contributed by atoms with Crippen molar-refractivity contribution >= 4 is 62.0 Å². The Labute approximate surface area is 310 Å². The molecule has 10 N–H and O–H groups in total.